The van der Waals surface area contributed by atoms with E-state index in [0.29, 0.717) is 31.2 Å². The number of hydrogen-bond donors (Lipinski definition) is 2. The highest BCUT2D eigenvalue weighted by Crippen LogP contribution is 2.13. The Morgan fingerprint density at radius 1 is 1.41 bits per heavy atom. The number of urea groups is 1. The van der Waals surface area contributed by atoms with Gasteiger partial charge in [-0.1, -0.05) is 0 Å². The van der Waals surface area contributed by atoms with Crippen LogP contribution >= 0.6 is 0 Å². The standard InChI is InChI=1S/C13H19N3O5S/c1-20-5-6-21-12-3-2-10(8-14-12)15-13(17)16-11-4-7-22(18,19)9-11/h2-3,8,11H,4-7,9H2,1H3,(H2,15,16,17). The van der Waals surface area contributed by atoms with Crippen molar-refractivity contribution < 1.29 is 22.7 Å². The number of carbonyl (C=O) groups excluding carboxylic acids is 1. The first-order chi connectivity index (χ1) is 10.5. The summed E-state index contributed by atoms with van der Waals surface area (Å²) in [7, 11) is -1.43. The second-order valence-corrected chi connectivity index (χ2v) is 7.15. The molecule has 1 fully saturated rings. The molecule has 0 radical (unpaired) electrons. The van der Waals surface area contributed by atoms with Crippen LogP contribution in [0, 0.1) is 0 Å². The Kier molecular flexibility index (Phi) is 5.56. The third-order valence-corrected chi connectivity index (χ3v) is 4.87. The maximum atomic E-state index is 11.8. The van der Waals surface area contributed by atoms with Gasteiger partial charge in [-0.2, -0.15) is 0 Å². The van der Waals surface area contributed by atoms with Gasteiger partial charge in [0.15, 0.2) is 9.84 Å². The molecule has 0 bridgehead atoms. The van der Waals surface area contributed by atoms with Crippen molar-refractivity contribution in [1.82, 2.24) is 10.3 Å². The van der Waals surface area contributed by atoms with Gasteiger partial charge in [-0.25, -0.2) is 18.2 Å². The summed E-state index contributed by atoms with van der Waals surface area (Å²) in [4.78, 5) is 15.8. The largest absolute Gasteiger partial charge is 0.475 e. The van der Waals surface area contributed by atoms with Gasteiger partial charge in [0.25, 0.3) is 0 Å². The van der Waals surface area contributed by atoms with Crippen LogP contribution in [-0.2, 0) is 14.6 Å². The lowest BCUT2D eigenvalue weighted by Crippen LogP contribution is -2.38. The zero-order chi connectivity index (χ0) is 16.0. The highest BCUT2D eigenvalue weighted by atomic mass is 32.2. The average Bonchev–Trinajstić information content (AvgIpc) is 2.80. The van der Waals surface area contributed by atoms with Crippen LogP contribution in [0.2, 0.25) is 0 Å². The number of nitrogens with zero attached hydrogens (tertiary/aromatic N) is 1. The predicted octanol–water partition coefficient (Wildman–Crippen LogP) is 0.415. The summed E-state index contributed by atoms with van der Waals surface area (Å²) >= 11 is 0. The number of methoxy groups -OCH3 is 1. The van der Waals surface area contributed by atoms with Gasteiger partial charge in [-0.15, -0.1) is 0 Å². The Balaban J connectivity index is 1.79. The molecule has 2 rings (SSSR count). The number of sulfone groups is 1. The lowest BCUT2D eigenvalue weighted by Gasteiger charge is -2.12. The number of pyridine rings is 1. The Labute approximate surface area is 129 Å². The third-order valence-electron chi connectivity index (χ3n) is 3.10. The lowest BCUT2D eigenvalue weighted by molar-refractivity contribution is 0.144. The topological polar surface area (TPSA) is 107 Å². The van der Waals surface area contributed by atoms with E-state index in [9.17, 15) is 13.2 Å². The fraction of sp³-hybridized carbons (Fsp3) is 0.538. The van der Waals surface area contributed by atoms with E-state index in [1.54, 1.807) is 19.2 Å². The molecule has 22 heavy (non-hydrogen) atoms. The molecule has 1 atom stereocenters. The second kappa shape index (κ2) is 7.41. The first kappa shape index (κ1) is 16.5. The van der Waals surface area contributed by atoms with Gasteiger partial charge < -0.3 is 20.1 Å². The zero-order valence-corrected chi connectivity index (χ0v) is 13.1. The fourth-order valence-electron chi connectivity index (χ4n) is 2.03. The van der Waals surface area contributed by atoms with Gasteiger partial charge >= 0.3 is 6.03 Å². The minimum Gasteiger partial charge on any atom is -0.475 e. The molecule has 1 aromatic rings. The summed E-state index contributed by atoms with van der Waals surface area (Å²) in [6.07, 6.45) is 1.91. The number of rotatable bonds is 6. The minimum atomic E-state index is -3.01. The number of hydrogen-bond acceptors (Lipinski definition) is 6. The van der Waals surface area contributed by atoms with E-state index in [-0.39, 0.29) is 17.5 Å². The number of carbonyl (C=O) groups is 1. The van der Waals surface area contributed by atoms with Crippen molar-refractivity contribution in [3.63, 3.8) is 0 Å². The molecular weight excluding hydrogens is 310 g/mol. The van der Waals surface area contributed by atoms with Crippen LogP contribution < -0.4 is 15.4 Å². The second-order valence-electron chi connectivity index (χ2n) is 4.92. The predicted molar refractivity (Wildman–Crippen MR) is 80.8 cm³/mol. The van der Waals surface area contributed by atoms with E-state index in [4.69, 9.17) is 9.47 Å². The normalized spacial score (nSPS) is 19.6. The van der Waals surface area contributed by atoms with Crippen molar-refractivity contribution in [3.8, 4) is 5.88 Å². The molecular formula is C13H19N3O5S. The summed E-state index contributed by atoms with van der Waals surface area (Å²) in [5.41, 5.74) is 0.498. The Morgan fingerprint density at radius 2 is 2.23 bits per heavy atom. The fourth-order valence-corrected chi connectivity index (χ4v) is 3.70. The number of nitrogens with one attached hydrogen (secondary N) is 2. The molecule has 122 valence electrons. The SMILES string of the molecule is COCCOc1ccc(NC(=O)NC2CCS(=O)(=O)C2)cn1. The Hall–Kier alpha value is -1.87. The van der Waals surface area contributed by atoms with Gasteiger partial charge in [-0.3, -0.25) is 0 Å². The number of anilines is 1. The summed E-state index contributed by atoms with van der Waals surface area (Å²) in [5, 5.41) is 5.24. The first-order valence-corrected chi connectivity index (χ1v) is 8.66. The van der Waals surface area contributed by atoms with Crippen molar-refractivity contribution in [2.45, 2.75) is 12.5 Å². The van der Waals surface area contributed by atoms with Crippen LogP contribution in [0.25, 0.3) is 0 Å². The molecule has 1 aromatic heterocycles. The van der Waals surface area contributed by atoms with E-state index in [1.165, 1.54) is 6.20 Å². The van der Waals surface area contributed by atoms with E-state index < -0.39 is 15.9 Å². The van der Waals surface area contributed by atoms with Gasteiger partial charge in [0, 0.05) is 19.2 Å². The average molecular weight is 329 g/mol. The summed E-state index contributed by atoms with van der Waals surface area (Å²) < 4.78 is 32.8. The summed E-state index contributed by atoms with van der Waals surface area (Å²) in [6.45, 7) is 0.862. The van der Waals surface area contributed by atoms with Gasteiger partial charge in [0.2, 0.25) is 5.88 Å². The molecule has 1 unspecified atom stereocenters. The summed E-state index contributed by atoms with van der Waals surface area (Å²) in [5.74, 6) is 0.544. The molecule has 1 aliphatic rings. The van der Waals surface area contributed by atoms with Crippen molar-refractivity contribution >= 4 is 21.6 Å². The smallest absolute Gasteiger partial charge is 0.319 e. The molecule has 1 saturated heterocycles. The zero-order valence-electron chi connectivity index (χ0n) is 12.2. The molecule has 1 aliphatic heterocycles. The van der Waals surface area contributed by atoms with Crippen LogP contribution in [-0.4, -0.2) is 57.3 Å². The van der Waals surface area contributed by atoms with E-state index in [2.05, 4.69) is 15.6 Å². The third kappa shape index (κ3) is 5.15. The Bertz CT molecular complexity index is 603. The lowest BCUT2D eigenvalue weighted by atomic mass is 10.3. The van der Waals surface area contributed by atoms with Gasteiger partial charge in [0.05, 0.1) is 30.0 Å². The molecule has 0 aromatic carbocycles. The van der Waals surface area contributed by atoms with Crippen LogP contribution in [0.1, 0.15) is 6.42 Å². The molecule has 0 spiro atoms. The van der Waals surface area contributed by atoms with Gasteiger partial charge in [0.1, 0.15) is 6.61 Å². The molecule has 2 amide bonds. The monoisotopic (exact) mass is 329 g/mol. The van der Waals surface area contributed by atoms with E-state index >= 15 is 0 Å². The van der Waals surface area contributed by atoms with Crippen molar-refractivity contribution in [2.24, 2.45) is 0 Å². The molecule has 0 saturated carbocycles. The Morgan fingerprint density at radius 3 is 2.82 bits per heavy atom. The van der Waals surface area contributed by atoms with Crippen molar-refractivity contribution in [3.05, 3.63) is 18.3 Å². The highest BCUT2D eigenvalue weighted by molar-refractivity contribution is 7.91. The van der Waals surface area contributed by atoms with Gasteiger partial charge in [-0.05, 0) is 12.5 Å². The highest BCUT2D eigenvalue weighted by Gasteiger charge is 2.28. The van der Waals surface area contributed by atoms with Crippen LogP contribution in [0.4, 0.5) is 10.5 Å². The maximum absolute atomic E-state index is 11.8. The maximum Gasteiger partial charge on any atom is 0.319 e. The van der Waals surface area contributed by atoms with Crippen molar-refractivity contribution in [2.75, 3.05) is 37.1 Å². The number of aromatic nitrogens is 1. The molecule has 8 nitrogen and oxygen atoms in total. The van der Waals surface area contributed by atoms with Crippen LogP contribution in [0.3, 0.4) is 0 Å². The van der Waals surface area contributed by atoms with Crippen LogP contribution in [0.5, 0.6) is 5.88 Å². The minimum absolute atomic E-state index is 0.00898. The molecule has 9 heteroatoms. The molecule has 0 aliphatic carbocycles. The molecule has 2 heterocycles. The van der Waals surface area contributed by atoms with Crippen molar-refractivity contribution in [1.29, 1.82) is 0 Å². The first-order valence-electron chi connectivity index (χ1n) is 6.84. The summed E-state index contributed by atoms with van der Waals surface area (Å²) in [6, 6.07) is 2.50. The number of ether oxygens (including phenoxy) is 2. The quantitative estimate of drug-likeness (QED) is 0.732. The van der Waals surface area contributed by atoms with E-state index in [0.717, 1.165) is 0 Å². The number of amides is 2. The van der Waals surface area contributed by atoms with E-state index in [1.807, 2.05) is 0 Å². The molecule has 2 N–H and O–H groups in total. The van der Waals surface area contributed by atoms with Crippen LogP contribution in [0.15, 0.2) is 18.3 Å².